The number of hydrogen-bond donors (Lipinski definition) is 2. The normalized spacial score (nSPS) is 13.2. The quantitative estimate of drug-likeness (QED) is 0.855. The zero-order valence-corrected chi connectivity index (χ0v) is 13.1. The Bertz CT molecular complexity index is 571. The van der Waals surface area contributed by atoms with Gasteiger partial charge in [-0.1, -0.05) is 37.3 Å². The number of aromatic nitrogens is 1. The number of urea groups is 1. The topological polar surface area (TPSA) is 54.0 Å². The molecule has 0 aliphatic rings. The highest BCUT2D eigenvalue weighted by atomic mass is 16.2. The van der Waals surface area contributed by atoms with Gasteiger partial charge >= 0.3 is 6.03 Å². The Morgan fingerprint density at radius 2 is 1.73 bits per heavy atom. The Balaban J connectivity index is 1.72. The van der Waals surface area contributed by atoms with E-state index < -0.39 is 0 Å². The van der Waals surface area contributed by atoms with Crippen LogP contribution in [0.2, 0.25) is 0 Å². The van der Waals surface area contributed by atoms with Crippen LogP contribution in [0.3, 0.4) is 0 Å². The highest BCUT2D eigenvalue weighted by Gasteiger charge is 2.09. The highest BCUT2D eigenvalue weighted by molar-refractivity contribution is 5.74. The van der Waals surface area contributed by atoms with E-state index in [0.29, 0.717) is 12.5 Å². The van der Waals surface area contributed by atoms with E-state index in [0.717, 1.165) is 12.0 Å². The Labute approximate surface area is 132 Å². The second-order valence-corrected chi connectivity index (χ2v) is 5.50. The summed E-state index contributed by atoms with van der Waals surface area (Å²) in [5.41, 5.74) is 2.35. The summed E-state index contributed by atoms with van der Waals surface area (Å²) < 4.78 is 0. The third-order valence-electron chi connectivity index (χ3n) is 3.79. The lowest BCUT2D eigenvalue weighted by Gasteiger charge is -2.16. The molecule has 116 valence electrons. The number of rotatable bonds is 6. The smallest absolute Gasteiger partial charge is 0.315 e. The molecule has 2 rings (SSSR count). The zero-order valence-electron chi connectivity index (χ0n) is 13.1. The van der Waals surface area contributed by atoms with Gasteiger partial charge in [0.2, 0.25) is 0 Å². The summed E-state index contributed by atoms with van der Waals surface area (Å²) in [5.74, 6) is 0.430. The van der Waals surface area contributed by atoms with Gasteiger partial charge in [-0.25, -0.2) is 4.79 Å². The Morgan fingerprint density at radius 3 is 2.41 bits per heavy atom. The molecule has 0 aliphatic carbocycles. The van der Waals surface area contributed by atoms with Gasteiger partial charge in [0.1, 0.15) is 0 Å². The van der Waals surface area contributed by atoms with Gasteiger partial charge in [0.25, 0.3) is 0 Å². The summed E-state index contributed by atoms with van der Waals surface area (Å²) in [4.78, 5) is 15.9. The van der Waals surface area contributed by atoms with Crippen LogP contribution >= 0.6 is 0 Å². The van der Waals surface area contributed by atoms with Crippen molar-refractivity contribution in [1.29, 1.82) is 0 Å². The summed E-state index contributed by atoms with van der Waals surface area (Å²) >= 11 is 0. The van der Waals surface area contributed by atoms with Crippen LogP contribution in [0.25, 0.3) is 0 Å². The molecule has 0 spiro atoms. The molecule has 0 bridgehead atoms. The second kappa shape index (κ2) is 8.17. The van der Waals surface area contributed by atoms with Crippen molar-refractivity contribution < 1.29 is 4.79 Å². The SMILES string of the molecule is C[C@@H](CCNC(=O)N[C@H](C)c1ccncc1)c1ccccc1. The summed E-state index contributed by atoms with van der Waals surface area (Å²) in [6, 6.07) is 14.0. The average Bonchev–Trinajstić information content (AvgIpc) is 2.56. The van der Waals surface area contributed by atoms with Crippen LogP contribution in [0.1, 0.15) is 43.4 Å². The van der Waals surface area contributed by atoms with Crippen molar-refractivity contribution in [3.63, 3.8) is 0 Å². The Morgan fingerprint density at radius 1 is 1.05 bits per heavy atom. The molecule has 1 aromatic heterocycles. The molecule has 0 radical (unpaired) electrons. The minimum atomic E-state index is -0.135. The number of carbonyl (C=O) groups is 1. The van der Waals surface area contributed by atoms with Crippen molar-refractivity contribution in [2.75, 3.05) is 6.54 Å². The van der Waals surface area contributed by atoms with Gasteiger partial charge in [-0.05, 0) is 42.5 Å². The molecule has 4 heteroatoms. The van der Waals surface area contributed by atoms with E-state index in [4.69, 9.17) is 0 Å². The third kappa shape index (κ3) is 4.88. The standard InChI is InChI=1S/C18H23N3O/c1-14(16-6-4-3-5-7-16)8-13-20-18(22)21-15(2)17-9-11-19-12-10-17/h3-7,9-12,14-15H,8,13H2,1-2H3,(H2,20,21,22)/t14-,15+/m0/s1. The molecule has 1 aromatic carbocycles. The molecule has 2 aromatic rings. The highest BCUT2D eigenvalue weighted by Crippen LogP contribution is 2.17. The second-order valence-electron chi connectivity index (χ2n) is 5.50. The van der Waals surface area contributed by atoms with Crippen LogP contribution in [0.4, 0.5) is 4.79 Å². The van der Waals surface area contributed by atoms with E-state index in [1.165, 1.54) is 5.56 Å². The van der Waals surface area contributed by atoms with Crippen LogP contribution in [0.5, 0.6) is 0 Å². The summed E-state index contributed by atoms with van der Waals surface area (Å²) in [6.07, 6.45) is 4.38. The first-order valence-corrected chi connectivity index (χ1v) is 7.66. The van der Waals surface area contributed by atoms with Crippen molar-refractivity contribution in [2.24, 2.45) is 0 Å². The maximum absolute atomic E-state index is 11.9. The molecule has 0 saturated carbocycles. The van der Waals surface area contributed by atoms with Gasteiger partial charge < -0.3 is 10.6 Å². The number of pyridine rings is 1. The molecular formula is C18H23N3O. The number of amides is 2. The molecule has 0 aliphatic heterocycles. The Hall–Kier alpha value is -2.36. The molecule has 2 atom stereocenters. The molecule has 2 N–H and O–H groups in total. The maximum atomic E-state index is 11.9. The lowest BCUT2D eigenvalue weighted by atomic mass is 9.98. The summed E-state index contributed by atoms with van der Waals surface area (Å²) in [5, 5.41) is 5.85. The van der Waals surface area contributed by atoms with Crippen molar-refractivity contribution in [3.05, 3.63) is 66.0 Å². The maximum Gasteiger partial charge on any atom is 0.315 e. The van der Waals surface area contributed by atoms with Crippen molar-refractivity contribution >= 4 is 6.03 Å². The van der Waals surface area contributed by atoms with Crippen LogP contribution in [0.15, 0.2) is 54.9 Å². The average molecular weight is 297 g/mol. The van der Waals surface area contributed by atoms with Crippen molar-refractivity contribution in [1.82, 2.24) is 15.6 Å². The van der Waals surface area contributed by atoms with Gasteiger partial charge in [-0.15, -0.1) is 0 Å². The minimum Gasteiger partial charge on any atom is -0.338 e. The van der Waals surface area contributed by atoms with E-state index in [1.807, 2.05) is 37.3 Å². The van der Waals surface area contributed by atoms with Gasteiger partial charge in [0, 0.05) is 18.9 Å². The van der Waals surface area contributed by atoms with Crippen molar-refractivity contribution in [2.45, 2.75) is 32.2 Å². The number of nitrogens with one attached hydrogen (secondary N) is 2. The van der Waals surface area contributed by atoms with E-state index in [1.54, 1.807) is 12.4 Å². The molecule has 4 nitrogen and oxygen atoms in total. The van der Waals surface area contributed by atoms with Crippen LogP contribution in [0, 0.1) is 0 Å². The molecular weight excluding hydrogens is 274 g/mol. The zero-order chi connectivity index (χ0) is 15.8. The number of hydrogen-bond acceptors (Lipinski definition) is 2. The van der Waals surface area contributed by atoms with Gasteiger partial charge in [-0.2, -0.15) is 0 Å². The van der Waals surface area contributed by atoms with Crippen LogP contribution in [-0.2, 0) is 0 Å². The molecule has 2 amide bonds. The molecule has 1 heterocycles. The summed E-state index contributed by atoms with van der Waals surface area (Å²) in [7, 11) is 0. The first-order chi connectivity index (χ1) is 10.7. The largest absolute Gasteiger partial charge is 0.338 e. The predicted octanol–water partition coefficient (Wildman–Crippen LogP) is 3.64. The number of carbonyl (C=O) groups excluding carboxylic acids is 1. The summed E-state index contributed by atoms with van der Waals surface area (Å²) in [6.45, 7) is 4.79. The first kappa shape index (κ1) is 16.0. The van der Waals surface area contributed by atoms with Gasteiger partial charge in [0.15, 0.2) is 0 Å². The third-order valence-corrected chi connectivity index (χ3v) is 3.79. The van der Waals surface area contributed by atoms with E-state index >= 15 is 0 Å². The van der Waals surface area contributed by atoms with Crippen LogP contribution < -0.4 is 10.6 Å². The minimum absolute atomic E-state index is 0.0328. The molecule has 0 unspecified atom stereocenters. The number of benzene rings is 1. The molecule has 22 heavy (non-hydrogen) atoms. The lowest BCUT2D eigenvalue weighted by molar-refractivity contribution is 0.237. The molecule has 0 saturated heterocycles. The van der Waals surface area contributed by atoms with Crippen LogP contribution in [-0.4, -0.2) is 17.6 Å². The predicted molar refractivity (Wildman–Crippen MR) is 88.7 cm³/mol. The van der Waals surface area contributed by atoms with E-state index in [9.17, 15) is 4.79 Å². The fourth-order valence-corrected chi connectivity index (χ4v) is 2.33. The fourth-order valence-electron chi connectivity index (χ4n) is 2.33. The molecule has 0 fully saturated rings. The fraction of sp³-hybridized carbons (Fsp3) is 0.333. The lowest BCUT2D eigenvalue weighted by Crippen LogP contribution is -2.37. The first-order valence-electron chi connectivity index (χ1n) is 7.66. The van der Waals surface area contributed by atoms with Crippen molar-refractivity contribution in [3.8, 4) is 0 Å². The number of nitrogens with zero attached hydrogens (tertiary/aromatic N) is 1. The van der Waals surface area contributed by atoms with Gasteiger partial charge in [0.05, 0.1) is 6.04 Å². The van der Waals surface area contributed by atoms with Gasteiger partial charge in [-0.3, -0.25) is 4.98 Å². The van der Waals surface area contributed by atoms with E-state index in [-0.39, 0.29) is 12.1 Å². The Kier molecular flexibility index (Phi) is 5.95. The van der Waals surface area contributed by atoms with E-state index in [2.05, 4.69) is 34.7 Å². The monoisotopic (exact) mass is 297 g/mol.